The van der Waals surface area contributed by atoms with Gasteiger partial charge in [0.1, 0.15) is 0 Å². The predicted octanol–water partition coefficient (Wildman–Crippen LogP) is 0.210. The van der Waals surface area contributed by atoms with Crippen LogP contribution in [-0.2, 0) is 10.2 Å². The van der Waals surface area contributed by atoms with Gasteiger partial charge in [0.05, 0.1) is 0 Å². The highest BCUT2D eigenvalue weighted by atomic mass is 32.2. The fourth-order valence-electron chi connectivity index (χ4n) is 1.76. The van der Waals surface area contributed by atoms with Crippen LogP contribution in [-0.4, -0.2) is 34.6 Å². The molecule has 1 fully saturated rings. The van der Waals surface area contributed by atoms with Crippen LogP contribution in [0.5, 0.6) is 0 Å². The lowest BCUT2D eigenvalue weighted by atomic mass is 9.81. The molecule has 0 aromatic carbocycles. The molecular formula is C10H23N3O2S. The molecule has 1 heterocycles. The predicted molar refractivity (Wildman–Crippen MR) is 65.4 cm³/mol. The molecule has 3 N–H and O–H groups in total. The molecular weight excluding hydrogens is 226 g/mol. The molecule has 0 aromatic rings. The van der Waals surface area contributed by atoms with Crippen LogP contribution >= 0.6 is 0 Å². The molecule has 0 atom stereocenters. The van der Waals surface area contributed by atoms with Crippen molar-refractivity contribution in [2.24, 2.45) is 5.41 Å². The fraction of sp³-hybridized carbons (Fsp3) is 1.00. The van der Waals surface area contributed by atoms with E-state index in [0.717, 1.165) is 32.4 Å². The van der Waals surface area contributed by atoms with Gasteiger partial charge in [0.25, 0.3) is 10.2 Å². The molecule has 16 heavy (non-hydrogen) atoms. The van der Waals surface area contributed by atoms with Crippen LogP contribution in [0.3, 0.4) is 0 Å². The first-order valence-corrected chi connectivity index (χ1v) is 7.41. The van der Waals surface area contributed by atoms with Gasteiger partial charge in [-0.2, -0.15) is 8.42 Å². The number of piperidine rings is 1. The van der Waals surface area contributed by atoms with Gasteiger partial charge in [0.15, 0.2) is 0 Å². The monoisotopic (exact) mass is 249 g/mol. The topological polar surface area (TPSA) is 70.2 Å². The Morgan fingerprint density at radius 1 is 1.25 bits per heavy atom. The zero-order valence-corrected chi connectivity index (χ0v) is 11.0. The van der Waals surface area contributed by atoms with E-state index in [4.69, 9.17) is 0 Å². The van der Waals surface area contributed by atoms with Crippen LogP contribution in [0.4, 0.5) is 0 Å². The van der Waals surface area contributed by atoms with Crippen LogP contribution in [0.25, 0.3) is 0 Å². The molecule has 5 nitrogen and oxygen atoms in total. The van der Waals surface area contributed by atoms with E-state index >= 15 is 0 Å². The first kappa shape index (κ1) is 13.9. The Morgan fingerprint density at radius 3 is 2.44 bits per heavy atom. The normalized spacial score (nSPS) is 20.9. The minimum atomic E-state index is -3.30. The van der Waals surface area contributed by atoms with Gasteiger partial charge in [0, 0.05) is 13.1 Å². The van der Waals surface area contributed by atoms with Crippen molar-refractivity contribution in [2.75, 3.05) is 26.2 Å². The smallest absolute Gasteiger partial charge is 0.276 e. The van der Waals surface area contributed by atoms with Crippen LogP contribution in [0.2, 0.25) is 0 Å². The van der Waals surface area contributed by atoms with Crippen molar-refractivity contribution in [1.29, 1.82) is 0 Å². The second kappa shape index (κ2) is 5.95. The largest absolute Gasteiger partial charge is 0.317 e. The molecule has 1 rings (SSSR count). The van der Waals surface area contributed by atoms with Gasteiger partial charge >= 0.3 is 0 Å². The van der Waals surface area contributed by atoms with Gasteiger partial charge in [-0.1, -0.05) is 13.8 Å². The molecule has 1 saturated heterocycles. The number of rotatable bonds is 6. The second-order valence-corrected chi connectivity index (χ2v) is 6.36. The first-order valence-electron chi connectivity index (χ1n) is 5.92. The summed E-state index contributed by atoms with van der Waals surface area (Å²) in [5.74, 6) is 0. The zero-order valence-electron chi connectivity index (χ0n) is 10.2. The highest BCUT2D eigenvalue weighted by Crippen LogP contribution is 2.26. The molecule has 96 valence electrons. The van der Waals surface area contributed by atoms with E-state index in [-0.39, 0.29) is 5.41 Å². The van der Waals surface area contributed by atoms with Crippen molar-refractivity contribution in [3.8, 4) is 0 Å². The summed E-state index contributed by atoms with van der Waals surface area (Å²) >= 11 is 0. The summed E-state index contributed by atoms with van der Waals surface area (Å²) in [6.45, 7) is 7.04. The molecule has 0 amide bonds. The summed E-state index contributed by atoms with van der Waals surface area (Å²) in [7, 11) is -3.30. The van der Waals surface area contributed by atoms with Crippen LogP contribution in [0.1, 0.15) is 33.1 Å². The van der Waals surface area contributed by atoms with E-state index in [2.05, 4.69) is 21.7 Å². The SMILES string of the molecule is CCCNS(=O)(=O)NCC1(C)CCNCC1. The Hall–Kier alpha value is -0.170. The van der Waals surface area contributed by atoms with Gasteiger partial charge in [-0.3, -0.25) is 0 Å². The molecule has 0 bridgehead atoms. The second-order valence-electron chi connectivity index (χ2n) is 4.78. The Kier molecular flexibility index (Phi) is 5.17. The molecule has 0 saturated carbocycles. The first-order chi connectivity index (χ1) is 7.47. The quantitative estimate of drug-likeness (QED) is 0.630. The lowest BCUT2D eigenvalue weighted by Gasteiger charge is -2.34. The van der Waals surface area contributed by atoms with E-state index < -0.39 is 10.2 Å². The third-order valence-corrected chi connectivity index (χ3v) is 4.15. The molecule has 6 heteroatoms. The minimum absolute atomic E-state index is 0.0895. The standard InChI is InChI=1S/C10H23N3O2S/c1-3-6-12-16(14,15)13-9-10(2)4-7-11-8-5-10/h11-13H,3-9H2,1-2H3. The summed E-state index contributed by atoms with van der Waals surface area (Å²) in [6, 6.07) is 0. The average Bonchev–Trinajstić information content (AvgIpc) is 2.25. The third-order valence-electron chi connectivity index (χ3n) is 3.04. The van der Waals surface area contributed by atoms with Crippen LogP contribution in [0.15, 0.2) is 0 Å². The van der Waals surface area contributed by atoms with Gasteiger partial charge < -0.3 is 5.32 Å². The highest BCUT2D eigenvalue weighted by Gasteiger charge is 2.27. The summed E-state index contributed by atoms with van der Waals surface area (Å²) in [4.78, 5) is 0. The van der Waals surface area contributed by atoms with Crippen molar-refractivity contribution in [2.45, 2.75) is 33.1 Å². The zero-order chi connectivity index (χ0) is 12.1. The van der Waals surface area contributed by atoms with Crippen molar-refractivity contribution >= 4 is 10.2 Å². The number of nitrogens with one attached hydrogen (secondary N) is 3. The van der Waals surface area contributed by atoms with Gasteiger partial charge in [-0.15, -0.1) is 0 Å². The van der Waals surface area contributed by atoms with E-state index in [1.165, 1.54) is 0 Å². The number of hydrogen-bond acceptors (Lipinski definition) is 3. The van der Waals surface area contributed by atoms with Crippen molar-refractivity contribution in [1.82, 2.24) is 14.8 Å². The minimum Gasteiger partial charge on any atom is -0.317 e. The summed E-state index contributed by atoms with van der Waals surface area (Å²) in [5.41, 5.74) is 0.0895. The summed E-state index contributed by atoms with van der Waals surface area (Å²) in [6.07, 6.45) is 2.84. The Bertz CT molecular complexity index is 297. The Morgan fingerprint density at radius 2 is 1.88 bits per heavy atom. The van der Waals surface area contributed by atoms with E-state index in [1.807, 2.05) is 6.92 Å². The molecule has 0 aromatic heterocycles. The molecule has 0 aliphatic carbocycles. The summed E-state index contributed by atoms with van der Waals surface area (Å²) < 4.78 is 28.2. The molecule has 0 spiro atoms. The van der Waals surface area contributed by atoms with E-state index in [0.29, 0.717) is 13.1 Å². The molecule has 0 unspecified atom stereocenters. The maximum absolute atomic E-state index is 11.5. The average molecular weight is 249 g/mol. The van der Waals surface area contributed by atoms with Crippen molar-refractivity contribution < 1.29 is 8.42 Å². The van der Waals surface area contributed by atoms with Crippen molar-refractivity contribution in [3.05, 3.63) is 0 Å². The highest BCUT2D eigenvalue weighted by molar-refractivity contribution is 7.87. The number of hydrogen-bond donors (Lipinski definition) is 3. The van der Waals surface area contributed by atoms with Gasteiger partial charge in [-0.05, 0) is 37.8 Å². The molecule has 1 aliphatic rings. The third kappa shape index (κ3) is 4.78. The van der Waals surface area contributed by atoms with Crippen LogP contribution < -0.4 is 14.8 Å². The van der Waals surface area contributed by atoms with Crippen LogP contribution in [0, 0.1) is 5.41 Å². The lowest BCUT2D eigenvalue weighted by molar-refractivity contribution is 0.232. The Balaban J connectivity index is 2.37. The summed E-state index contributed by atoms with van der Waals surface area (Å²) in [5, 5.41) is 3.28. The maximum Gasteiger partial charge on any atom is 0.276 e. The fourth-order valence-corrected chi connectivity index (χ4v) is 2.88. The molecule has 1 aliphatic heterocycles. The maximum atomic E-state index is 11.5. The van der Waals surface area contributed by atoms with Gasteiger partial charge in [0.2, 0.25) is 0 Å². The molecule has 0 radical (unpaired) electrons. The lowest BCUT2D eigenvalue weighted by Crippen LogP contribution is -2.46. The van der Waals surface area contributed by atoms with E-state index in [9.17, 15) is 8.42 Å². The van der Waals surface area contributed by atoms with Gasteiger partial charge in [-0.25, -0.2) is 9.44 Å². The van der Waals surface area contributed by atoms with E-state index in [1.54, 1.807) is 0 Å². The van der Waals surface area contributed by atoms with Crippen molar-refractivity contribution in [3.63, 3.8) is 0 Å². The Labute approximate surface area is 98.6 Å².